The zero-order valence-electron chi connectivity index (χ0n) is 13.5. The number of carboxylic acid groups (broad SMARTS) is 1. The molecule has 1 unspecified atom stereocenters. The van der Waals surface area contributed by atoms with Gasteiger partial charge in [0.2, 0.25) is 10.0 Å². The van der Waals surface area contributed by atoms with Gasteiger partial charge in [0, 0.05) is 13.7 Å². The van der Waals surface area contributed by atoms with Gasteiger partial charge in [0.25, 0.3) is 0 Å². The Morgan fingerprint density at radius 2 is 2.21 bits per heavy atom. The van der Waals surface area contributed by atoms with Crippen molar-refractivity contribution in [3.63, 3.8) is 0 Å². The molecule has 1 saturated heterocycles. The van der Waals surface area contributed by atoms with E-state index in [1.54, 1.807) is 12.1 Å². The highest BCUT2D eigenvalue weighted by Crippen LogP contribution is 2.37. The topological polar surface area (TPSA) is 93.1 Å². The third kappa shape index (κ3) is 2.68. The van der Waals surface area contributed by atoms with Gasteiger partial charge in [0.05, 0.1) is 18.1 Å². The maximum absolute atomic E-state index is 13.1. The van der Waals surface area contributed by atoms with E-state index in [-0.39, 0.29) is 24.5 Å². The van der Waals surface area contributed by atoms with E-state index >= 15 is 0 Å². The maximum Gasteiger partial charge on any atom is 0.327 e. The number of carboxylic acids is 1. The van der Waals surface area contributed by atoms with E-state index in [0.29, 0.717) is 18.8 Å². The van der Waals surface area contributed by atoms with Crippen molar-refractivity contribution in [2.24, 2.45) is 0 Å². The molecule has 7 nitrogen and oxygen atoms in total. The summed E-state index contributed by atoms with van der Waals surface area (Å²) < 4.78 is 37.8. The molecule has 1 N–H and O–H groups in total. The minimum atomic E-state index is -3.93. The van der Waals surface area contributed by atoms with Crippen LogP contribution in [0.3, 0.4) is 0 Å². The molecular formula is C16H21NO6S. The van der Waals surface area contributed by atoms with Crippen LogP contribution in [0, 0.1) is 0 Å². The molecule has 1 aromatic carbocycles. The Balaban J connectivity index is 2.02. The Kier molecular flexibility index (Phi) is 4.54. The van der Waals surface area contributed by atoms with Gasteiger partial charge in [-0.25, -0.2) is 8.42 Å². The average Bonchev–Trinajstić information content (AvgIpc) is 3.00. The van der Waals surface area contributed by atoms with Crippen LogP contribution in [0.5, 0.6) is 5.75 Å². The fourth-order valence-electron chi connectivity index (χ4n) is 3.49. The summed E-state index contributed by atoms with van der Waals surface area (Å²) in [5.74, 6) is -0.477. The molecule has 0 aromatic heterocycles. The fraction of sp³-hybridized carbons (Fsp3) is 0.562. The summed E-state index contributed by atoms with van der Waals surface area (Å²) >= 11 is 0. The SMILES string of the molecule is COCC1(C(=O)O)CCCN1S(=O)(=O)c1ccc2c(c1)CCCO2. The van der Waals surface area contributed by atoms with Crippen LogP contribution in [0.4, 0.5) is 0 Å². The van der Waals surface area contributed by atoms with Gasteiger partial charge in [-0.1, -0.05) is 0 Å². The van der Waals surface area contributed by atoms with Crippen LogP contribution in [-0.2, 0) is 26.0 Å². The average molecular weight is 355 g/mol. The monoisotopic (exact) mass is 355 g/mol. The fourth-order valence-corrected chi connectivity index (χ4v) is 5.32. The largest absolute Gasteiger partial charge is 0.493 e. The summed E-state index contributed by atoms with van der Waals surface area (Å²) in [5, 5.41) is 9.66. The van der Waals surface area contributed by atoms with Crippen LogP contribution in [-0.4, -0.2) is 56.2 Å². The van der Waals surface area contributed by atoms with E-state index in [2.05, 4.69) is 0 Å². The van der Waals surface area contributed by atoms with Crippen LogP contribution in [0.25, 0.3) is 0 Å². The van der Waals surface area contributed by atoms with Crippen LogP contribution in [0.2, 0.25) is 0 Å². The molecule has 132 valence electrons. The summed E-state index contributed by atoms with van der Waals surface area (Å²) in [6.07, 6.45) is 2.32. The zero-order valence-corrected chi connectivity index (χ0v) is 14.3. The molecule has 2 aliphatic heterocycles. The highest BCUT2D eigenvalue weighted by atomic mass is 32.2. The Labute approximate surface area is 141 Å². The molecule has 0 saturated carbocycles. The number of carbonyl (C=O) groups is 1. The van der Waals surface area contributed by atoms with Crippen molar-refractivity contribution < 1.29 is 27.8 Å². The van der Waals surface area contributed by atoms with Gasteiger partial charge in [-0.3, -0.25) is 4.79 Å². The molecule has 0 spiro atoms. The lowest BCUT2D eigenvalue weighted by Crippen LogP contribution is -2.55. The van der Waals surface area contributed by atoms with Crippen molar-refractivity contribution in [1.29, 1.82) is 0 Å². The van der Waals surface area contributed by atoms with Crippen LogP contribution in [0.1, 0.15) is 24.8 Å². The third-order valence-electron chi connectivity index (χ3n) is 4.68. The number of sulfonamides is 1. The van der Waals surface area contributed by atoms with Crippen molar-refractivity contribution in [1.82, 2.24) is 4.31 Å². The standard InChI is InChI=1S/C16H21NO6S/c1-22-11-16(15(18)19)7-3-8-17(16)24(20,21)13-5-6-14-12(10-13)4-2-9-23-14/h5-6,10H,2-4,7-9,11H2,1H3,(H,18,19). The van der Waals surface area contributed by atoms with Crippen molar-refractivity contribution in [3.8, 4) is 5.75 Å². The second kappa shape index (κ2) is 6.34. The summed E-state index contributed by atoms with van der Waals surface area (Å²) in [6, 6.07) is 4.73. The van der Waals surface area contributed by atoms with Gasteiger partial charge in [-0.2, -0.15) is 4.31 Å². The molecule has 24 heavy (non-hydrogen) atoms. The summed E-state index contributed by atoms with van der Waals surface area (Å²) in [6.45, 7) is 0.627. The van der Waals surface area contributed by atoms with E-state index in [1.807, 2.05) is 0 Å². The number of aryl methyl sites for hydroxylation is 1. The van der Waals surface area contributed by atoms with Crippen LogP contribution < -0.4 is 4.74 Å². The molecule has 8 heteroatoms. The van der Waals surface area contributed by atoms with E-state index in [0.717, 1.165) is 22.7 Å². The number of hydrogen-bond acceptors (Lipinski definition) is 5. The number of nitrogens with zero attached hydrogens (tertiary/aromatic N) is 1. The quantitative estimate of drug-likeness (QED) is 0.855. The predicted molar refractivity (Wildman–Crippen MR) is 85.6 cm³/mol. The molecule has 0 radical (unpaired) electrons. The maximum atomic E-state index is 13.1. The second-order valence-electron chi connectivity index (χ2n) is 6.17. The lowest BCUT2D eigenvalue weighted by atomic mass is 9.99. The highest BCUT2D eigenvalue weighted by Gasteiger charge is 2.53. The first-order chi connectivity index (χ1) is 11.4. The molecule has 1 atom stereocenters. The minimum Gasteiger partial charge on any atom is -0.493 e. The first kappa shape index (κ1) is 17.2. The Hall–Kier alpha value is -1.64. The van der Waals surface area contributed by atoms with E-state index in [4.69, 9.17) is 9.47 Å². The normalized spacial score (nSPS) is 24.4. The predicted octanol–water partition coefficient (Wildman–Crippen LogP) is 1.27. The summed E-state index contributed by atoms with van der Waals surface area (Å²) in [4.78, 5) is 11.9. The number of aliphatic carboxylic acids is 1. The number of rotatable bonds is 5. The van der Waals surface area contributed by atoms with Crippen LogP contribution in [0.15, 0.2) is 23.1 Å². The molecule has 2 heterocycles. The minimum absolute atomic E-state index is 0.107. The van der Waals surface area contributed by atoms with Crippen LogP contribution >= 0.6 is 0 Å². The number of ether oxygens (including phenoxy) is 2. The molecule has 1 aromatic rings. The van der Waals surface area contributed by atoms with Gasteiger partial charge in [0.15, 0.2) is 5.54 Å². The van der Waals surface area contributed by atoms with Crippen molar-refractivity contribution in [3.05, 3.63) is 23.8 Å². The van der Waals surface area contributed by atoms with Gasteiger partial charge >= 0.3 is 5.97 Å². The molecule has 0 amide bonds. The van der Waals surface area contributed by atoms with Crippen molar-refractivity contribution in [2.45, 2.75) is 36.1 Å². The zero-order chi connectivity index (χ0) is 17.4. The first-order valence-corrected chi connectivity index (χ1v) is 9.37. The number of methoxy groups -OCH3 is 1. The van der Waals surface area contributed by atoms with Crippen molar-refractivity contribution in [2.75, 3.05) is 26.9 Å². The lowest BCUT2D eigenvalue weighted by molar-refractivity contribution is -0.150. The number of benzene rings is 1. The van der Waals surface area contributed by atoms with Gasteiger partial charge in [-0.05, 0) is 49.4 Å². The molecule has 0 bridgehead atoms. The first-order valence-electron chi connectivity index (χ1n) is 7.93. The molecular weight excluding hydrogens is 334 g/mol. The Morgan fingerprint density at radius 3 is 2.92 bits per heavy atom. The van der Waals surface area contributed by atoms with Gasteiger partial charge < -0.3 is 14.6 Å². The lowest BCUT2D eigenvalue weighted by Gasteiger charge is -2.33. The van der Waals surface area contributed by atoms with Crippen molar-refractivity contribution >= 4 is 16.0 Å². The molecule has 0 aliphatic carbocycles. The number of fused-ring (bicyclic) bond motifs is 1. The summed E-state index contributed by atoms with van der Waals surface area (Å²) in [7, 11) is -2.55. The highest BCUT2D eigenvalue weighted by molar-refractivity contribution is 7.89. The Morgan fingerprint density at radius 1 is 1.42 bits per heavy atom. The third-order valence-corrected chi connectivity index (χ3v) is 6.64. The molecule has 1 fully saturated rings. The second-order valence-corrected chi connectivity index (χ2v) is 8.03. The summed E-state index contributed by atoms with van der Waals surface area (Å²) in [5.41, 5.74) is -0.700. The van der Waals surface area contributed by atoms with E-state index in [9.17, 15) is 18.3 Å². The van der Waals surface area contributed by atoms with E-state index < -0.39 is 21.5 Å². The molecule has 2 aliphatic rings. The smallest absolute Gasteiger partial charge is 0.327 e. The Bertz CT molecular complexity index is 747. The van der Waals surface area contributed by atoms with Gasteiger partial charge in [0.1, 0.15) is 5.75 Å². The number of hydrogen-bond donors (Lipinski definition) is 1. The van der Waals surface area contributed by atoms with E-state index in [1.165, 1.54) is 13.2 Å². The van der Waals surface area contributed by atoms with Gasteiger partial charge in [-0.15, -0.1) is 0 Å². The molecule has 3 rings (SSSR count).